The smallest absolute Gasteiger partial charge is 0.410 e. The van der Waals surface area contributed by atoms with Crippen molar-refractivity contribution in [1.29, 1.82) is 0 Å². The summed E-state index contributed by atoms with van der Waals surface area (Å²) in [5.41, 5.74) is 0.667. The number of hydrogen-bond acceptors (Lipinski definition) is 5. The number of allylic oxidation sites excluding steroid dienone is 1. The van der Waals surface area contributed by atoms with Crippen LogP contribution >= 0.6 is 15.9 Å². The van der Waals surface area contributed by atoms with Gasteiger partial charge in [-0.1, -0.05) is 40.2 Å². The van der Waals surface area contributed by atoms with Crippen LogP contribution in [0.3, 0.4) is 0 Å². The van der Waals surface area contributed by atoms with Crippen molar-refractivity contribution in [2.24, 2.45) is 7.05 Å². The Morgan fingerprint density at radius 2 is 1.76 bits per heavy atom. The van der Waals surface area contributed by atoms with Crippen molar-refractivity contribution in [3.8, 4) is 22.9 Å². The maximum atomic E-state index is 15.6. The van der Waals surface area contributed by atoms with Crippen LogP contribution in [0.2, 0.25) is 0 Å². The minimum absolute atomic E-state index is 0.124. The molecule has 0 radical (unpaired) electrons. The summed E-state index contributed by atoms with van der Waals surface area (Å²) in [5, 5.41) is 5.41. The Kier molecular flexibility index (Phi) is 8.22. The second-order valence-electron chi connectivity index (χ2n) is 12.4. The van der Waals surface area contributed by atoms with Gasteiger partial charge in [0, 0.05) is 52.8 Å². The lowest BCUT2D eigenvalue weighted by Crippen LogP contribution is -2.44. The van der Waals surface area contributed by atoms with Gasteiger partial charge in [0.1, 0.15) is 18.2 Å². The monoisotopic (exact) mass is 689 g/mol. The second-order valence-corrected chi connectivity index (χ2v) is 13.3. The molecular weight excluding hydrogens is 656 g/mol. The van der Waals surface area contributed by atoms with Crippen LogP contribution in [0.1, 0.15) is 50.6 Å². The molecule has 3 heterocycles. The van der Waals surface area contributed by atoms with E-state index >= 15 is 8.78 Å². The molecule has 1 aliphatic rings. The molecule has 4 bridgehead atoms. The Morgan fingerprint density at radius 1 is 0.978 bits per heavy atom. The van der Waals surface area contributed by atoms with Crippen LogP contribution in [0, 0.1) is 11.6 Å². The quantitative estimate of drug-likeness (QED) is 0.178. The van der Waals surface area contributed by atoms with Crippen LogP contribution < -0.4 is 4.74 Å². The number of aromatic amines is 1. The Balaban J connectivity index is 1.52. The number of aromatic nitrogens is 4. The highest BCUT2D eigenvalue weighted by molar-refractivity contribution is 9.10. The highest BCUT2D eigenvalue weighted by atomic mass is 79.9. The van der Waals surface area contributed by atoms with Gasteiger partial charge in [0.2, 0.25) is 0 Å². The summed E-state index contributed by atoms with van der Waals surface area (Å²) in [6, 6.07) is 15.2. The van der Waals surface area contributed by atoms with Crippen LogP contribution in [0.25, 0.3) is 22.3 Å². The van der Waals surface area contributed by atoms with Gasteiger partial charge in [-0.25, -0.2) is 23.2 Å². The average Bonchev–Trinajstić information content (AvgIpc) is 3.65. The summed E-state index contributed by atoms with van der Waals surface area (Å²) in [6.07, 6.45) is 6.26. The van der Waals surface area contributed by atoms with Crippen molar-refractivity contribution in [3.63, 3.8) is 0 Å². The van der Waals surface area contributed by atoms with Crippen molar-refractivity contribution < 1.29 is 23.0 Å². The lowest BCUT2D eigenvalue weighted by atomic mass is 9.78. The molecule has 238 valence electrons. The van der Waals surface area contributed by atoms with Crippen molar-refractivity contribution in [2.75, 3.05) is 7.05 Å². The number of halogens is 3. The fourth-order valence-corrected chi connectivity index (χ4v) is 6.06. The third kappa shape index (κ3) is 5.79. The highest BCUT2D eigenvalue weighted by Gasteiger charge is 2.34. The van der Waals surface area contributed by atoms with Crippen LogP contribution in [0.5, 0.6) is 11.5 Å². The van der Waals surface area contributed by atoms with Crippen molar-refractivity contribution in [2.45, 2.75) is 51.2 Å². The van der Waals surface area contributed by atoms with Gasteiger partial charge in [0.15, 0.2) is 23.2 Å². The van der Waals surface area contributed by atoms with E-state index < -0.39 is 28.7 Å². The summed E-state index contributed by atoms with van der Waals surface area (Å²) in [7, 11) is 3.39. The maximum Gasteiger partial charge on any atom is 0.410 e. The zero-order valence-electron chi connectivity index (χ0n) is 26.2. The maximum absolute atomic E-state index is 15.6. The molecule has 2 aromatic heterocycles. The topological polar surface area (TPSA) is 85.3 Å². The summed E-state index contributed by atoms with van der Waals surface area (Å²) >= 11 is 3.59. The van der Waals surface area contributed by atoms with Crippen LogP contribution in [0.15, 0.2) is 77.4 Å². The fraction of sp³-hybridized carbons (Fsp3) is 0.286. The SMILES string of the molecule is CN1C(=O)OCc2c(c(F)cc3[nH]ccc23)Oc2ccc(F)c(c2)-c2nc(nn2C)C(C)(c2cccc(Br)c2)C/C=C\CC1(C)C. The molecule has 1 unspecified atom stereocenters. The van der Waals surface area contributed by atoms with Gasteiger partial charge in [0.05, 0.1) is 11.0 Å². The first-order chi connectivity index (χ1) is 21.9. The third-order valence-electron chi connectivity index (χ3n) is 8.82. The number of nitrogens with one attached hydrogen (secondary N) is 1. The number of cyclic esters (lactones) is 1. The van der Waals surface area contributed by atoms with Crippen molar-refractivity contribution in [1.82, 2.24) is 24.6 Å². The zero-order chi connectivity index (χ0) is 32.8. The van der Waals surface area contributed by atoms with Gasteiger partial charge in [-0.3, -0.25) is 0 Å². The number of rotatable bonds is 1. The molecule has 1 atom stereocenters. The van der Waals surface area contributed by atoms with Gasteiger partial charge in [-0.2, -0.15) is 5.10 Å². The van der Waals surface area contributed by atoms with E-state index in [-0.39, 0.29) is 23.7 Å². The van der Waals surface area contributed by atoms with Crippen molar-refractivity contribution >= 4 is 32.9 Å². The van der Waals surface area contributed by atoms with Gasteiger partial charge in [-0.05, 0) is 75.6 Å². The zero-order valence-corrected chi connectivity index (χ0v) is 27.8. The second kappa shape index (κ2) is 12.0. The molecule has 8 nitrogen and oxygen atoms in total. The molecule has 0 spiro atoms. The van der Waals surface area contributed by atoms with E-state index in [1.165, 1.54) is 29.2 Å². The lowest BCUT2D eigenvalue weighted by Gasteiger charge is -2.34. The Labute approximate surface area is 274 Å². The molecule has 1 N–H and O–H groups in total. The van der Waals surface area contributed by atoms with Crippen LogP contribution in [-0.2, 0) is 23.8 Å². The lowest BCUT2D eigenvalue weighted by molar-refractivity contribution is 0.0712. The van der Waals surface area contributed by atoms with E-state index in [4.69, 9.17) is 19.6 Å². The molecule has 6 rings (SSSR count). The number of nitrogens with zero attached hydrogens (tertiary/aromatic N) is 4. The van der Waals surface area contributed by atoms with E-state index in [1.807, 2.05) is 51.1 Å². The van der Waals surface area contributed by atoms with E-state index in [1.54, 1.807) is 31.0 Å². The molecule has 46 heavy (non-hydrogen) atoms. The summed E-state index contributed by atoms with van der Waals surface area (Å²) in [5.74, 6) is -0.355. The predicted octanol–water partition coefficient (Wildman–Crippen LogP) is 8.80. The molecule has 5 aromatic rings. The largest absolute Gasteiger partial charge is 0.454 e. The molecule has 1 amide bonds. The fourth-order valence-electron chi connectivity index (χ4n) is 5.66. The molecule has 3 aromatic carbocycles. The predicted molar refractivity (Wildman–Crippen MR) is 176 cm³/mol. The molecule has 0 fully saturated rings. The van der Waals surface area contributed by atoms with E-state index in [9.17, 15) is 4.79 Å². The first kappa shape index (κ1) is 31.5. The van der Waals surface area contributed by atoms with Crippen molar-refractivity contribution in [3.05, 3.63) is 106 Å². The third-order valence-corrected chi connectivity index (χ3v) is 9.31. The average molecular weight is 691 g/mol. The minimum atomic E-state index is -0.692. The standard InChI is InChI=1S/C35H34BrF2N5O3/c1-34(2)14-6-7-15-35(3,21-9-8-10-22(36)17-21)32-40-31(43(5)41-32)25-18-23(11-12-27(25)37)46-30-26(20-45-33(44)42(34)4)24-13-16-39-29(24)19-28(30)38/h6-13,16-19,39H,14-15,20H2,1-5H3/b7-6-. The number of carbonyl (C=O) groups excluding carboxylic acids is 1. The minimum Gasteiger partial charge on any atom is -0.454 e. The number of hydrogen-bond donors (Lipinski definition) is 1. The normalized spacial score (nSPS) is 19.4. The van der Waals surface area contributed by atoms with Gasteiger partial charge >= 0.3 is 6.09 Å². The number of benzene rings is 3. The Hall–Kier alpha value is -4.51. The van der Waals surface area contributed by atoms with Gasteiger partial charge < -0.3 is 19.4 Å². The summed E-state index contributed by atoms with van der Waals surface area (Å²) in [6.45, 7) is 5.70. The van der Waals surface area contributed by atoms with Gasteiger partial charge in [-0.15, -0.1) is 0 Å². The molecule has 1 aliphatic heterocycles. The number of H-pyrrole nitrogens is 1. The number of aryl methyl sites for hydroxylation is 1. The summed E-state index contributed by atoms with van der Waals surface area (Å²) in [4.78, 5) is 22.7. The first-order valence-corrected chi connectivity index (χ1v) is 15.7. The van der Waals surface area contributed by atoms with E-state index in [2.05, 4.69) is 27.0 Å². The Morgan fingerprint density at radius 3 is 2.54 bits per heavy atom. The number of carbonyl (C=O) groups is 1. The molecule has 0 aliphatic carbocycles. The van der Waals surface area contributed by atoms with Crippen LogP contribution in [0.4, 0.5) is 13.6 Å². The number of amides is 1. The number of ether oxygens (including phenoxy) is 2. The van der Waals surface area contributed by atoms with Crippen LogP contribution in [-0.4, -0.2) is 43.3 Å². The molecule has 0 saturated carbocycles. The van der Waals surface area contributed by atoms with E-state index in [0.717, 1.165) is 10.0 Å². The molecular formula is C35H34BrF2N5O3. The molecule has 0 saturated heterocycles. The Bertz CT molecular complexity index is 1980. The van der Waals surface area contributed by atoms with E-state index in [0.29, 0.717) is 41.0 Å². The molecule has 11 heteroatoms. The summed E-state index contributed by atoms with van der Waals surface area (Å²) < 4.78 is 45.4. The highest BCUT2D eigenvalue weighted by Crippen LogP contribution is 2.39. The number of fused-ring (bicyclic) bond motifs is 8. The van der Waals surface area contributed by atoms with Gasteiger partial charge in [0.25, 0.3) is 0 Å². The first-order valence-electron chi connectivity index (χ1n) is 14.9.